The zero-order valence-electron chi connectivity index (χ0n) is 9.78. The maximum Gasteiger partial charge on any atom is 0.244 e. The van der Waals surface area contributed by atoms with E-state index in [1.54, 1.807) is 0 Å². The lowest BCUT2D eigenvalue weighted by atomic mass is 10.2. The van der Waals surface area contributed by atoms with Crippen LogP contribution in [0.5, 0.6) is 5.75 Å². The minimum Gasteiger partial charge on any atom is -0.489 e. The number of benzene rings is 1. The molecule has 0 saturated carbocycles. The number of rotatable bonds is 2. The quantitative estimate of drug-likeness (QED) is 0.827. The van der Waals surface area contributed by atoms with Crippen LogP contribution in [0.3, 0.4) is 0 Å². The van der Waals surface area contributed by atoms with Crippen molar-refractivity contribution in [1.82, 2.24) is 0 Å². The average molecular weight is 220 g/mol. The molecule has 86 valence electrons. The van der Waals surface area contributed by atoms with Crippen molar-refractivity contribution in [3.8, 4) is 5.75 Å². The highest BCUT2D eigenvalue weighted by Crippen LogP contribution is 2.37. The van der Waals surface area contributed by atoms with Crippen LogP contribution in [0.1, 0.15) is 13.8 Å². The Kier molecular flexibility index (Phi) is 2.73. The van der Waals surface area contributed by atoms with Crippen LogP contribution in [0.15, 0.2) is 18.2 Å². The van der Waals surface area contributed by atoms with Crippen molar-refractivity contribution in [2.24, 2.45) is 0 Å². The van der Waals surface area contributed by atoms with Gasteiger partial charge in [0.05, 0.1) is 18.3 Å². The van der Waals surface area contributed by atoms with Crippen molar-refractivity contribution in [3.63, 3.8) is 0 Å². The summed E-state index contributed by atoms with van der Waals surface area (Å²) < 4.78 is 5.67. The highest BCUT2D eigenvalue weighted by atomic mass is 16.5. The van der Waals surface area contributed by atoms with E-state index in [1.165, 1.54) is 0 Å². The number of hydrogen-bond donors (Lipinski definition) is 1. The topological polar surface area (TPSA) is 41.6 Å². The number of likely N-dealkylation sites (N-methyl/N-ethyl adjacent to an activating group) is 1. The van der Waals surface area contributed by atoms with Crippen LogP contribution in [0.4, 0.5) is 11.4 Å². The summed E-state index contributed by atoms with van der Waals surface area (Å²) in [6.07, 6.45) is 0.0932. The molecule has 0 bridgehead atoms. The maximum absolute atomic E-state index is 11.5. The Morgan fingerprint density at radius 2 is 2.19 bits per heavy atom. The van der Waals surface area contributed by atoms with Crippen molar-refractivity contribution >= 4 is 17.3 Å². The highest BCUT2D eigenvalue weighted by Gasteiger charge is 2.22. The maximum atomic E-state index is 11.5. The lowest BCUT2D eigenvalue weighted by Crippen LogP contribution is -2.35. The van der Waals surface area contributed by atoms with Crippen molar-refractivity contribution in [2.45, 2.75) is 20.0 Å². The van der Waals surface area contributed by atoms with Gasteiger partial charge in [-0.3, -0.25) is 4.79 Å². The Balaban J connectivity index is 2.41. The van der Waals surface area contributed by atoms with Crippen molar-refractivity contribution in [2.75, 3.05) is 23.8 Å². The molecule has 1 heterocycles. The minimum atomic E-state index is -0.00481. The summed E-state index contributed by atoms with van der Waals surface area (Å²) in [5, 5.41) is 2.86. The lowest BCUT2D eigenvalue weighted by molar-refractivity contribution is -0.115. The Morgan fingerprint density at radius 3 is 2.88 bits per heavy atom. The van der Waals surface area contributed by atoms with Gasteiger partial charge in [0.15, 0.2) is 0 Å². The monoisotopic (exact) mass is 220 g/mol. The van der Waals surface area contributed by atoms with Gasteiger partial charge in [0, 0.05) is 7.05 Å². The smallest absolute Gasteiger partial charge is 0.244 e. The van der Waals surface area contributed by atoms with Gasteiger partial charge in [0.1, 0.15) is 11.4 Å². The highest BCUT2D eigenvalue weighted by molar-refractivity contribution is 6.02. The van der Waals surface area contributed by atoms with Gasteiger partial charge in [0.25, 0.3) is 0 Å². The summed E-state index contributed by atoms with van der Waals surface area (Å²) in [5.74, 6) is 0.724. The molecule has 4 heteroatoms. The zero-order valence-corrected chi connectivity index (χ0v) is 9.78. The molecular weight excluding hydrogens is 204 g/mol. The van der Waals surface area contributed by atoms with E-state index in [4.69, 9.17) is 4.74 Å². The second kappa shape index (κ2) is 4.04. The number of amides is 1. The first-order chi connectivity index (χ1) is 7.58. The summed E-state index contributed by atoms with van der Waals surface area (Å²) in [7, 11) is 1.90. The summed E-state index contributed by atoms with van der Waals surface area (Å²) in [4.78, 5) is 13.4. The van der Waals surface area contributed by atoms with Gasteiger partial charge >= 0.3 is 0 Å². The van der Waals surface area contributed by atoms with Gasteiger partial charge in [0.2, 0.25) is 5.91 Å². The van der Waals surface area contributed by atoms with E-state index in [9.17, 15) is 4.79 Å². The van der Waals surface area contributed by atoms with E-state index in [1.807, 2.05) is 44.0 Å². The van der Waals surface area contributed by atoms with Crippen LogP contribution >= 0.6 is 0 Å². The number of hydrogen-bond acceptors (Lipinski definition) is 3. The summed E-state index contributed by atoms with van der Waals surface area (Å²) in [6.45, 7) is 4.32. The van der Waals surface area contributed by atoms with E-state index >= 15 is 0 Å². The molecule has 0 unspecified atom stereocenters. The van der Waals surface area contributed by atoms with Crippen molar-refractivity contribution in [1.29, 1.82) is 0 Å². The molecule has 2 rings (SSSR count). The van der Waals surface area contributed by atoms with E-state index in [0.717, 1.165) is 17.1 Å². The van der Waals surface area contributed by atoms with Gasteiger partial charge in [-0.1, -0.05) is 6.07 Å². The fourth-order valence-corrected chi connectivity index (χ4v) is 1.79. The molecule has 1 aromatic rings. The van der Waals surface area contributed by atoms with Gasteiger partial charge in [-0.2, -0.15) is 0 Å². The Morgan fingerprint density at radius 1 is 1.44 bits per heavy atom. The minimum absolute atomic E-state index is 0.00481. The van der Waals surface area contributed by atoms with Crippen LogP contribution in [0, 0.1) is 0 Å². The number of anilines is 2. The van der Waals surface area contributed by atoms with Gasteiger partial charge in [-0.15, -0.1) is 0 Å². The number of para-hydroxylation sites is 1. The first-order valence-corrected chi connectivity index (χ1v) is 5.38. The number of carbonyl (C=O) groups excluding carboxylic acids is 1. The molecule has 4 nitrogen and oxygen atoms in total. The summed E-state index contributed by atoms with van der Waals surface area (Å²) in [5.41, 5.74) is 1.77. The van der Waals surface area contributed by atoms with E-state index < -0.39 is 0 Å². The zero-order chi connectivity index (χ0) is 11.7. The van der Waals surface area contributed by atoms with E-state index in [-0.39, 0.29) is 12.0 Å². The molecule has 1 aliphatic heterocycles. The molecular formula is C12H16N2O2. The molecule has 0 saturated heterocycles. The number of carbonyl (C=O) groups is 1. The van der Waals surface area contributed by atoms with Crippen LogP contribution in [-0.2, 0) is 4.79 Å². The van der Waals surface area contributed by atoms with Crippen LogP contribution in [0.2, 0.25) is 0 Å². The molecule has 1 aromatic carbocycles. The summed E-state index contributed by atoms with van der Waals surface area (Å²) in [6, 6.07) is 5.78. The van der Waals surface area contributed by atoms with Gasteiger partial charge < -0.3 is 15.0 Å². The van der Waals surface area contributed by atoms with Crippen LogP contribution < -0.4 is 15.0 Å². The predicted octanol–water partition coefficient (Wildman–Crippen LogP) is 1.86. The van der Waals surface area contributed by atoms with E-state index in [0.29, 0.717) is 6.54 Å². The molecule has 1 N–H and O–H groups in total. The standard InChI is InChI=1S/C12H16N2O2/c1-8(2)16-10-6-4-5-9-12(10)13-11(15)7-14(9)3/h4-6,8H,7H2,1-3H3,(H,13,15). The first-order valence-electron chi connectivity index (χ1n) is 5.38. The van der Waals surface area contributed by atoms with Crippen LogP contribution in [0.25, 0.3) is 0 Å². The normalized spacial score (nSPS) is 14.8. The molecule has 1 amide bonds. The number of nitrogens with zero attached hydrogens (tertiary/aromatic N) is 1. The molecule has 0 aromatic heterocycles. The lowest BCUT2D eigenvalue weighted by Gasteiger charge is -2.29. The predicted molar refractivity (Wildman–Crippen MR) is 64.1 cm³/mol. The number of fused-ring (bicyclic) bond motifs is 1. The third-order valence-electron chi connectivity index (χ3n) is 2.42. The molecule has 1 aliphatic rings. The van der Waals surface area contributed by atoms with Gasteiger partial charge in [-0.25, -0.2) is 0 Å². The molecule has 16 heavy (non-hydrogen) atoms. The number of nitrogens with one attached hydrogen (secondary N) is 1. The van der Waals surface area contributed by atoms with Crippen molar-refractivity contribution in [3.05, 3.63) is 18.2 Å². The molecule has 0 radical (unpaired) electrons. The Labute approximate surface area is 95.2 Å². The second-order valence-electron chi connectivity index (χ2n) is 4.22. The molecule has 0 spiro atoms. The van der Waals surface area contributed by atoms with E-state index in [2.05, 4.69) is 5.32 Å². The summed E-state index contributed by atoms with van der Waals surface area (Å²) >= 11 is 0. The largest absolute Gasteiger partial charge is 0.489 e. The fourth-order valence-electron chi connectivity index (χ4n) is 1.79. The van der Waals surface area contributed by atoms with Crippen molar-refractivity contribution < 1.29 is 9.53 Å². The molecule has 0 atom stereocenters. The molecule has 0 aliphatic carbocycles. The Bertz CT molecular complexity index is 415. The van der Waals surface area contributed by atoms with Crippen LogP contribution in [-0.4, -0.2) is 25.6 Å². The number of ether oxygens (including phenoxy) is 1. The second-order valence-corrected chi connectivity index (χ2v) is 4.22. The average Bonchev–Trinajstić information content (AvgIpc) is 2.18. The third-order valence-corrected chi connectivity index (χ3v) is 2.42. The SMILES string of the molecule is CC(C)Oc1cccc2c1NC(=O)CN2C. The Hall–Kier alpha value is -1.71. The fraction of sp³-hybridized carbons (Fsp3) is 0.417. The first kappa shape index (κ1) is 10.8. The van der Waals surface area contributed by atoms with Gasteiger partial charge in [-0.05, 0) is 26.0 Å². The third kappa shape index (κ3) is 1.96. The molecule has 0 fully saturated rings.